The molecule has 1 saturated heterocycles. The normalized spacial score (nSPS) is 18.2. The van der Waals surface area contributed by atoms with Crippen LogP contribution in [0.5, 0.6) is 0 Å². The van der Waals surface area contributed by atoms with Crippen molar-refractivity contribution in [1.29, 1.82) is 0 Å². The zero-order valence-electron chi connectivity index (χ0n) is 13.4. The number of fused-ring (bicyclic) bond motifs is 1. The minimum absolute atomic E-state index is 0.643. The van der Waals surface area contributed by atoms with Crippen LogP contribution in [0.15, 0.2) is 30.6 Å². The molecule has 2 fully saturated rings. The molecule has 1 aromatic carbocycles. The third-order valence-electron chi connectivity index (χ3n) is 4.83. The highest BCUT2D eigenvalue weighted by Crippen LogP contribution is 2.43. The van der Waals surface area contributed by atoms with Crippen molar-refractivity contribution in [2.24, 2.45) is 0 Å². The van der Waals surface area contributed by atoms with Crippen molar-refractivity contribution in [3.05, 3.63) is 36.3 Å². The lowest BCUT2D eigenvalue weighted by Gasteiger charge is -2.27. The van der Waals surface area contributed by atoms with E-state index in [4.69, 9.17) is 9.72 Å². The summed E-state index contributed by atoms with van der Waals surface area (Å²) in [6.07, 6.45) is 6.29. The molecule has 1 aliphatic heterocycles. The van der Waals surface area contributed by atoms with Crippen molar-refractivity contribution in [2.45, 2.75) is 18.8 Å². The van der Waals surface area contributed by atoms with Gasteiger partial charge in [-0.15, -0.1) is 0 Å². The Bertz CT molecular complexity index is 880. The molecule has 1 N–H and O–H groups in total. The fourth-order valence-electron chi connectivity index (χ4n) is 3.32. The number of rotatable bonds is 3. The Balaban J connectivity index is 1.55. The van der Waals surface area contributed by atoms with E-state index in [-0.39, 0.29) is 0 Å². The van der Waals surface area contributed by atoms with E-state index in [0.29, 0.717) is 5.92 Å². The molecular formula is C18H19N5O. The van der Waals surface area contributed by atoms with Crippen molar-refractivity contribution in [1.82, 2.24) is 20.2 Å². The van der Waals surface area contributed by atoms with Crippen LogP contribution >= 0.6 is 0 Å². The highest BCUT2D eigenvalue weighted by Gasteiger charge is 2.28. The molecule has 3 aromatic rings. The van der Waals surface area contributed by atoms with Gasteiger partial charge in [-0.3, -0.25) is 10.1 Å². The number of aromatic amines is 1. The van der Waals surface area contributed by atoms with Gasteiger partial charge in [-0.05, 0) is 30.5 Å². The van der Waals surface area contributed by atoms with Gasteiger partial charge < -0.3 is 9.64 Å². The lowest BCUT2D eigenvalue weighted by atomic mass is 10.0. The summed E-state index contributed by atoms with van der Waals surface area (Å²) in [4.78, 5) is 11.6. The minimum atomic E-state index is 0.643. The maximum Gasteiger partial charge on any atom is 0.148 e. The number of anilines is 1. The molecule has 122 valence electrons. The second-order valence-corrected chi connectivity index (χ2v) is 6.50. The lowest BCUT2D eigenvalue weighted by molar-refractivity contribution is 0.122. The lowest BCUT2D eigenvalue weighted by Crippen LogP contribution is -2.36. The first-order chi connectivity index (χ1) is 11.9. The van der Waals surface area contributed by atoms with Gasteiger partial charge in [-0.1, -0.05) is 6.07 Å². The van der Waals surface area contributed by atoms with Crippen LogP contribution in [0.1, 0.15) is 24.5 Å². The Morgan fingerprint density at radius 1 is 1.08 bits per heavy atom. The van der Waals surface area contributed by atoms with Gasteiger partial charge in [-0.25, -0.2) is 4.98 Å². The molecule has 1 saturated carbocycles. The molecule has 6 heteroatoms. The van der Waals surface area contributed by atoms with Gasteiger partial charge in [0.25, 0.3) is 0 Å². The number of nitrogens with one attached hydrogen (secondary N) is 1. The molecule has 0 amide bonds. The van der Waals surface area contributed by atoms with E-state index in [1.807, 2.05) is 18.5 Å². The highest BCUT2D eigenvalue weighted by atomic mass is 16.5. The van der Waals surface area contributed by atoms with Gasteiger partial charge in [0.1, 0.15) is 5.82 Å². The molecule has 6 nitrogen and oxygen atoms in total. The molecule has 2 aromatic heterocycles. The molecular weight excluding hydrogens is 302 g/mol. The molecule has 0 bridgehead atoms. The van der Waals surface area contributed by atoms with E-state index >= 15 is 0 Å². The third kappa shape index (κ3) is 2.43. The molecule has 24 heavy (non-hydrogen) atoms. The van der Waals surface area contributed by atoms with Crippen molar-refractivity contribution >= 4 is 16.9 Å². The van der Waals surface area contributed by atoms with Crippen LogP contribution in [0, 0.1) is 0 Å². The van der Waals surface area contributed by atoms with E-state index in [9.17, 15) is 0 Å². The van der Waals surface area contributed by atoms with E-state index in [1.54, 1.807) is 0 Å². The van der Waals surface area contributed by atoms with Gasteiger partial charge in [-0.2, -0.15) is 5.10 Å². The molecule has 0 spiro atoms. The van der Waals surface area contributed by atoms with E-state index in [0.717, 1.165) is 48.7 Å². The predicted octanol–water partition coefficient (Wildman–Crippen LogP) is 2.73. The summed E-state index contributed by atoms with van der Waals surface area (Å²) in [7, 11) is 0. The standard InChI is InChI=1S/C18H19N5O/c1-2-12(1)18-14(10-20-22-18)13-3-4-15-16(9-13)21-17(11-19-15)23-5-7-24-8-6-23/h3-4,9-12H,1-2,5-8H2,(H,20,22). The van der Waals surface area contributed by atoms with E-state index in [2.05, 4.69) is 32.2 Å². The number of hydrogen-bond acceptors (Lipinski definition) is 5. The molecule has 5 rings (SSSR count). The monoisotopic (exact) mass is 321 g/mol. The number of H-pyrrole nitrogens is 1. The zero-order valence-corrected chi connectivity index (χ0v) is 13.4. The summed E-state index contributed by atoms with van der Waals surface area (Å²) < 4.78 is 5.42. The van der Waals surface area contributed by atoms with Crippen LogP contribution in [0.4, 0.5) is 5.82 Å². The van der Waals surface area contributed by atoms with Crippen LogP contribution in [-0.2, 0) is 4.74 Å². The van der Waals surface area contributed by atoms with Gasteiger partial charge in [0.05, 0.1) is 36.6 Å². The molecule has 0 atom stereocenters. The van der Waals surface area contributed by atoms with Crippen molar-refractivity contribution < 1.29 is 4.74 Å². The molecule has 1 aliphatic carbocycles. The largest absolute Gasteiger partial charge is 0.378 e. The second kappa shape index (κ2) is 5.56. The number of morpholine rings is 1. The molecule has 0 unspecified atom stereocenters. The number of hydrogen-bond donors (Lipinski definition) is 1. The minimum Gasteiger partial charge on any atom is -0.378 e. The zero-order chi connectivity index (χ0) is 15.9. The Kier molecular flexibility index (Phi) is 3.23. The first-order valence-corrected chi connectivity index (χ1v) is 8.51. The average Bonchev–Trinajstić information content (AvgIpc) is 3.38. The van der Waals surface area contributed by atoms with E-state index < -0.39 is 0 Å². The van der Waals surface area contributed by atoms with Gasteiger partial charge >= 0.3 is 0 Å². The van der Waals surface area contributed by atoms with Gasteiger partial charge in [0, 0.05) is 30.3 Å². The number of aromatic nitrogens is 4. The summed E-state index contributed by atoms with van der Waals surface area (Å²) in [5, 5.41) is 7.42. The summed E-state index contributed by atoms with van der Waals surface area (Å²) in [5.74, 6) is 1.57. The quantitative estimate of drug-likeness (QED) is 0.803. The Hall–Kier alpha value is -2.47. The smallest absolute Gasteiger partial charge is 0.148 e. The summed E-state index contributed by atoms with van der Waals surface area (Å²) in [5.41, 5.74) is 5.46. The van der Waals surface area contributed by atoms with Crippen LogP contribution in [0.25, 0.3) is 22.2 Å². The van der Waals surface area contributed by atoms with E-state index in [1.165, 1.54) is 24.1 Å². The predicted molar refractivity (Wildman–Crippen MR) is 92.1 cm³/mol. The Labute approximate surface area is 139 Å². The topological polar surface area (TPSA) is 66.9 Å². The van der Waals surface area contributed by atoms with Crippen molar-refractivity contribution in [3.63, 3.8) is 0 Å². The number of ether oxygens (including phenoxy) is 1. The maximum absolute atomic E-state index is 5.42. The fourth-order valence-corrected chi connectivity index (χ4v) is 3.32. The van der Waals surface area contributed by atoms with Crippen LogP contribution < -0.4 is 4.90 Å². The van der Waals surface area contributed by atoms with Crippen LogP contribution in [-0.4, -0.2) is 46.5 Å². The second-order valence-electron chi connectivity index (χ2n) is 6.50. The first-order valence-electron chi connectivity index (χ1n) is 8.51. The summed E-state index contributed by atoms with van der Waals surface area (Å²) >= 11 is 0. The molecule has 3 heterocycles. The van der Waals surface area contributed by atoms with Crippen LogP contribution in [0.3, 0.4) is 0 Å². The molecule has 2 aliphatic rings. The molecule has 0 radical (unpaired) electrons. The summed E-state index contributed by atoms with van der Waals surface area (Å²) in [6, 6.07) is 6.29. The van der Waals surface area contributed by atoms with Gasteiger partial charge in [0.2, 0.25) is 0 Å². The van der Waals surface area contributed by atoms with Gasteiger partial charge in [0.15, 0.2) is 0 Å². The Morgan fingerprint density at radius 2 is 1.96 bits per heavy atom. The van der Waals surface area contributed by atoms with Crippen LogP contribution in [0.2, 0.25) is 0 Å². The highest BCUT2D eigenvalue weighted by molar-refractivity contribution is 5.82. The average molecular weight is 321 g/mol. The number of benzene rings is 1. The summed E-state index contributed by atoms with van der Waals surface area (Å²) in [6.45, 7) is 3.24. The third-order valence-corrected chi connectivity index (χ3v) is 4.83. The fraction of sp³-hybridized carbons (Fsp3) is 0.389. The van der Waals surface area contributed by atoms with Crippen molar-refractivity contribution in [3.8, 4) is 11.1 Å². The SMILES string of the molecule is c1cc2ncc(N3CCOCC3)nc2cc1-c1cn[nH]c1C1CC1. The maximum atomic E-state index is 5.42. The number of nitrogens with zero attached hydrogens (tertiary/aromatic N) is 4. The van der Waals surface area contributed by atoms with Crippen molar-refractivity contribution in [2.75, 3.05) is 31.2 Å². The first kappa shape index (κ1) is 13.9. The Morgan fingerprint density at radius 3 is 2.79 bits per heavy atom.